The fourth-order valence-electron chi connectivity index (χ4n) is 2.37. The lowest BCUT2D eigenvalue weighted by atomic mass is 10.2. The molecule has 0 atom stereocenters. The van der Waals surface area contributed by atoms with Gasteiger partial charge >= 0.3 is 12.3 Å². The van der Waals surface area contributed by atoms with Crippen molar-refractivity contribution in [3.05, 3.63) is 35.9 Å². The highest BCUT2D eigenvalue weighted by molar-refractivity contribution is 6.32. The van der Waals surface area contributed by atoms with Crippen molar-refractivity contribution in [2.75, 3.05) is 11.4 Å². The van der Waals surface area contributed by atoms with Gasteiger partial charge in [-0.15, -0.1) is 0 Å². The number of pyridine rings is 1. The van der Waals surface area contributed by atoms with Gasteiger partial charge in [0.05, 0.1) is 18.1 Å². The number of carbonyl (C=O) groups is 1. The van der Waals surface area contributed by atoms with Gasteiger partial charge in [0.2, 0.25) is 0 Å². The minimum absolute atomic E-state index is 0.0173. The predicted molar refractivity (Wildman–Crippen MR) is 99.9 cm³/mol. The standard InChI is InChI=1S/C18H22ClF3N4O2/c1-17(2,3)28-16(27)25(10-5-4-8-18(20,21)22)14-12-26(24-15(14)19)13-7-6-9-23-11-13/h6-7,9,11-12H,4-5,8,10H2,1-3H3. The van der Waals surface area contributed by atoms with Crippen molar-refractivity contribution in [3.8, 4) is 5.69 Å². The van der Waals surface area contributed by atoms with Crippen LogP contribution in [0.4, 0.5) is 23.7 Å². The molecule has 2 heterocycles. The van der Waals surface area contributed by atoms with Crippen molar-refractivity contribution in [2.24, 2.45) is 0 Å². The Bertz CT molecular complexity index is 788. The van der Waals surface area contributed by atoms with Gasteiger partial charge in [0.1, 0.15) is 11.3 Å². The first-order valence-corrected chi connectivity index (χ1v) is 9.07. The predicted octanol–water partition coefficient (Wildman–Crippen LogP) is 5.39. The second-order valence-electron chi connectivity index (χ2n) is 7.17. The third kappa shape index (κ3) is 6.70. The highest BCUT2D eigenvalue weighted by atomic mass is 35.5. The molecule has 0 aliphatic heterocycles. The van der Waals surface area contributed by atoms with Crippen LogP contribution >= 0.6 is 11.6 Å². The topological polar surface area (TPSA) is 60.2 Å². The Balaban J connectivity index is 2.23. The van der Waals surface area contributed by atoms with Crippen LogP contribution in [0.3, 0.4) is 0 Å². The maximum Gasteiger partial charge on any atom is 0.414 e. The molecule has 0 bridgehead atoms. The van der Waals surface area contributed by atoms with Gasteiger partial charge in [0, 0.05) is 19.2 Å². The quantitative estimate of drug-likeness (QED) is 0.590. The summed E-state index contributed by atoms with van der Waals surface area (Å²) in [5, 5.41) is 4.19. The zero-order valence-corrected chi connectivity index (χ0v) is 16.6. The number of hydrogen-bond donors (Lipinski definition) is 0. The summed E-state index contributed by atoms with van der Waals surface area (Å²) >= 11 is 6.21. The van der Waals surface area contributed by atoms with E-state index in [-0.39, 0.29) is 30.2 Å². The molecule has 28 heavy (non-hydrogen) atoms. The van der Waals surface area contributed by atoms with Gasteiger partial charge in [0.25, 0.3) is 0 Å². The van der Waals surface area contributed by atoms with Crippen LogP contribution < -0.4 is 4.90 Å². The van der Waals surface area contributed by atoms with Gasteiger partial charge in [-0.25, -0.2) is 9.48 Å². The van der Waals surface area contributed by atoms with E-state index in [1.54, 1.807) is 45.3 Å². The molecule has 0 radical (unpaired) electrons. The van der Waals surface area contributed by atoms with Crippen LogP contribution in [0.5, 0.6) is 0 Å². The smallest absolute Gasteiger partial charge is 0.414 e. The molecule has 0 aromatic carbocycles. The highest BCUT2D eigenvalue weighted by Gasteiger charge is 2.29. The normalized spacial score (nSPS) is 12.1. The van der Waals surface area contributed by atoms with E-state index in [9.17, 15) is 18.0 Å². The number of ether oxygens (including phenoxy) is 1. The molecule has 10 heteroatoms. The average molecular weight is 419 g/mol. The molecule has 0 saturated heterocycles. The molecule has 1 amide bonds. The van der Waals surface area contributed by atoms with E-state index in [2.05, 4.69) is 10.1 Å². The van der Waals surface area contributed by atoms with Crippen molar-refractivity contribution >= 4 is 23.4 Å². The number of amides is 1. The fourth-order valence-corrected chi connectivity index (χ4v) is 2.60. The van der Waals surface area contributed by atoms with Gasteiger partial charge in [-0.2, -0.15) is 18.3 Å². The summed E-state index contributed by atoms with van der Waals surface area (Å²) in [5.74, 6) is 0. The Kier molecular flexibility index (Phi) is 6.92. The number of aromatic nitrogens is 3. The first-order chi connectivity index (χ1) is 13.0. The van der Waals surface area contributed by atoms with E-state index in [0.29, 0.717) is 5.69 Å². The maximum atomic E-state index is 12.6. The summed E-state index contributed by atoms with van der Waals surface area (Å²) in [6, 6.07) is 3.47. The fraction of sp³-hybridized carbons (Fsp3) is 0.500. The Morgan fingerprint density at radius 2 is 2.00 bits per heavy atom. The van der Waals surface area contributed by atoms with Crippen LogP contribution in [0.1, 0.15) is 40.0 Å². The number of unbranched alkanes of at least 4 members (excludes halogenated alkanes) is 1. The van der Waals surface area contributed by atoms with Crippen molar-refractivity contribution in [2.45, 2.75) is 51.8 Å². The molecule has 2 aromatic rings. The van der Waals surface area contributed by atoms with Crippen LogP contribution in [-0.2, 0) is 4.74 Å². The molecule has 0 aliphatic rings. The second-order valence-corrected chi connectivity index (χ2v) is 7.52. The Morgan fingerprint density at radius 1 is 1.29 bits per heavy atom. The lowest BCUT2D eigenvalue weighted by Gasteiger charge is -2.26. The van der Waals surface area contributed by atoms with Crippen molar-refractivity contribution < 1.29 is 22.7 Å². The van der Waals surface area contributed by atoms with Crippen LogP contribution in [-0.4, -0.2) is 39.2 Å². The van der Waals surface area contributed by atoms with E-state index >= 15 is 0 Å². The minimum atomic E-state index is -4.24. The maximum absolute atomic E-state index is 12.6. The van der Waals surface area contributed by atoms with Crippen molar-refractivity contribution in [3.63, 3.8) is 0 Å². The number of rotatable bonds is 6. The van der Waals surface area contributed by atoms with Crippen molar-refractivity contribution in [1.29, 1.82) is 0 Å². The Hall–Kier alpha value is -2.29. The Labute approximate surface area is 166 Å². The minimum Gasteiger partial charge on any atom is -0.443 e. The van der Waals surface area contributed by atoms with E-state index in [1.165, 1.54) is 15.8 Å². The van der Waals surface area contributed by atoms with Gasteiger partial charge in [-0.1, -0.05) is 11.6 Å². The summed E-state index contributed by atoms with van der Waals surface area (Å²) in [7, 11) is 0. The van der Waals surface area contributed by atoms with E-state index in [1.807, 2.05) is 0 Å². The molecule has 0 unspecified atom stereocenters. The Morgan fingerprint density at radius 3 is 2.57 bits per heavy atom. The second kappa shape index (κ2) is 8.81. The summed E-state index contributed by atoms with van der Waals surface area (Å²) in [5.41, 5.74) is 0.108. The number of anilines is 1. The molecule has 2 rings (SSSR count). The zero-order chi connectivity index (χ0) is 20.9. The zero-order valence-electron chi connectivity index (χ0n) is 15.8. The van der Waals surface area contributed by atoms with Crippen LogP contribution in [0.25, 0.3) is 5.69 Å². The van der Waals surface area contributed by atoms with Gasteiger partial charge in [-0.3, -0.25) is 9.88 Å². The summed E-state index contributed by atoms with van der Waals surface area (Å²) in [4.78, 5) is 17.8. The van der Waals surface area contributed by atoms with Gasteiger partial charge < -0.3 is 4.74 Å². The van der Waals surface area contributed by atoms with Crippen LogP contribution in [0.15, 0.2) is 30.7 Å². The highest BCUT2D eigenvalue weighted by Crippen LogP contribution is 2.29. The van der Waals surface area contributed by atoms with E-state index in [0.717, 1.165) is 0 Å². The number of nitrogens with zero attached hydrogens (tertiary/aromatic N) is 4. The van der Waals surface area contributed by atoms with E-state index in [4.69, 9.17) is 16.3 Å². The molecule has 2 aromatic heterocycles. The largest absolute Gasteiger partial charge is 0.443 e. The van der Waals surface area contributed by atoms with Gasteiger partial charge in [0.15, 0.2) is 5.15 Å². The van der Waals surface area contributed by atoms with Crippen molar-refractivity contribution in [1.82, 2.24) is 14.8 Å². The lowest BCUT2D eigenvalue weighted by Crippen LogP contribution is -2.37. The SMILES string of the molecule is CC(C)(C)OC(=O)N(CCCCC(F)(F)F)c1cn(-c2cccnc2)nc1Cl. The lowest BCUT2D eigenvalue weighted by molar-refractivity contribution is -0.135. The number of hydrogen-bond acceptors (Lipinski definition) is 4. The molecule has 0 spiro atoms. The first kappa shape index (κ1) is 22.0. The average Bonchev–Trinajstić information content (AvgIpc) is 2.94. The molecule has 0 aliphatic carbocycles. The molecule has 0 N–H and O–H groups in total. The molecular formula is C18H22ClF3N4O2. The molecular weight excluding hydrogens is 397 g/mol. The summed E-state index contributed by atoms with van der Waals surface area (Å²) in [6.07, 6.45) is -1.15. The van der Waals surface area contributed by atoms with Crippen LogP contribution in [0, 0.1) is 0 Å². The monoisotopic (exact) mass is 418 g/mol. The third-order valence-corrected chi connectivity index (χ3v) is 3.83. The number of carbonyl (C=O) groups excluding carboxylic acids is 1. The molecule has 0 saturated carbocycles. The van der Waals surface area contributed by atoms with Gasteiger partial charge in [-0.05, 0) is 45.7 Å². The molecule has 6 nitrogen and oxygen atoms in total. The molecule has 0 fully saturated rings. The third-order valence-electron chi connectivity index (χ3n) is 3.56. The van der Waals surface area contributed by atoms with Crippen LogP contribution in [0.2, 0.25) is 5.15 Å². The summed E-state index contributed by atoms with van der Waals surface area (Å²) < 4.78 is 44.0. The first-order valence-electron chi connectivity index (χ1n) is 8.69. The number of halogens is 4. The van der Waals surface area contributed by atoms with E-state index < -0.39 is 24.3 Å². The number of alkyl halides is 3. The molecule has 154 valence electrons. The summed E-state index contributed by atoms with van der Waals surface area (Å²) in [6.45, 7) is 5.12.